The summed E-state index contributed by atoms with van der Waals surface area (Å²) in [5.74, 6) is -0.753. The molecule has 0 aromatic rings. The van der Waals surface area contributed by atoms with Crippen LogP contribution in [0.3, 0.4) is 0 Å². The molecule has 1 N–H and O–H groups in total. The van der Waals surface area contributed by atoms with Gasteiger partial charge in [0.05, 0.1) is 28.8 Å². The third-order valence-corrected chi connectivity index (χ3v) is 2.07. The average molecular weight is 285 g/mol. The monoisotopic (exact) mass is 285 g/mol. The predicted molar refractivity (Wildman–Crippen MR) is 52.6 cm³/mol. The molecular weight excluding hydrogens is 273 g/mol. The lowest BCUT2D eigenvalue weighted by Gasteiger charge is -2.07. The van der Waals surface area contributed by atoms with Gasteiger partial charge in [-0.1, -0.05) is 13.8 Å². The molecule has 0 saturated heterocycles. The Morgan fingerprint density at radius 2 is 2.17 bits per heavy atom. The smallest absolute Gasteiger partial charge is 0.309 e. The quantitative estimate of drug-likeness (QED) is 0.477. The fourth-order valence-corrected chi connectivity index (χ4v) is 0.629. The third-order valence-electron chi connectivity index (χ3n) is 1.47. The fourth-order valence-electron chi connectivity index (χ4n) is 0.473. The fraction of sp³-hybridized carbons (Fsp3) is 0.714. The van der Waals surface area contributed by atoms with Gasteiger partial charge in [0, 0.05) is 0 Å². The Morgan fingerprint density at radius 1 is 1.58 bits per heavy atom. The highest BCUT2D eigenvalue weighted by Gasteiger charge is 2.12. The second-order valence-corrected chi connectivity index (χ2v) is 2.97. The van der Waals surface area contributed by atoms with Gasteiger partial charge in [0.25, 0.3) is 5.91 Å². The van der Waals surface area contributed by atoms with Crippen molar-refractivity contribution in [2.75, 3.05) is 6.61 Å². The van der Waals surface area contributed by atoms with Crippen LogP contribution in [0.1, 0.15) is 20.3 Å². The molecule has 70 valence electrons. The maximum Gasteiger partial charge on any atom is 0.309 e. The van der Waals surface area contributed by atoms with Crippen molar-refractivity contribution in [1.29, 1.82) is 0 Å². The molecule has 0 bridgehead atoms. The molecule has 0 spiro atoms. The molecule has 0 rings (SSSR count). The zero-order chi connectivity index (χ0) is 9.56. The molecule has 1 amide bonds. The van der Waals surface area contributed by atoms with Gasteiger partial charge in [0.1, 0.15) is 0 Å². The van der Waals surface area contributed by atoms with E-state index < -0.39 is 0 Å². The lowest BCUT2D eigenvalue weighted by atomic mass is 10.1. The van der Waals surface area contributed by atoms with Gasteiger partial charge in [0.15, 0.2) is 6.61 Å². The Balaban J connectivity index is 3.64. The first kappa shape index (κ1) is 11.7. The van der Waals surface area contributed by atoms with Gasteiger partial charge in [-0.05, 0) is 6.42 Å². The topological polar surface area (TPSA) is 55.4 Å². The van der Waals surface area contributed by atoms with Crippen molar-refractivity contribution < 1.29 is 14.3 Å². The van der Waals surface area contributed by atoms with Gasteiger partial charge in [-0.15, -0.1) is 0 Å². The Labute approximate surface area is 85.5 Å². The second kappa shape index (κ2) is 6.22. The summed E-state index contributed by atoms with van der Waals surface area (Å²) in [7, 11) is 0. The van der Waals surface area contributed by atoms with Crippen LogP contribution in [0, 0.1) is 5.92 Å². The van der Waals surface area contributed by atoms with Crippen LogP contribution in [0.4, 0.5) is 0 Å². The van der Waals surface area contributed by atoms with Crippen LogP contribution in [-0.4, -0.2) is 18.5 Å². The largest absolute Gasteiger partial charge is 0.455 e. The van der Waals surface area contributed by atoms with E-state index in [1.807, 2.05) is 6.92 Å². The molecule has 0 saturated carbocycles. The first-order valence-electron chi connectivity index (χ1n) is 3.67. The van der Waals surface area contributed by atoms with E-state index >= 15 is 0 Å². The highest BCUT2D eigenvalue weighted by atomic mass is 127. The van der Waals surface area contributed by atoms with E-state index in [-0.39, 0.29) is 24.4 Å². The van der Waals surface area contributed by atoms with Crippen molar-refractivity contribution >= 4 is 34.7 Å². The van der Waals surface area contributed by atoms with Crippen molar-refractivity contribution in [3.05, 3.63) is 0 Å². The van der Waals surface area contributed by atoms with E-state index in [0.29, 0.717) is 0 Å². The van der Waals surface area contributed by atoms with Crippen LogP contribution in [0.15, 0.2) is 0 Å². The van der Waals surface area contributed by atoms with Crippen molar-refractivity contribution in [2.45, 2.75) is 20.3 Å². The molecule has 1 unspecified atom stereocenters. The Morgan fingerprint density at radius 3 is 2.58 bits per heavy atom. The maximum atomic E-state index is 11.0. The molecule has 0 aromatic heterocycles. The van der Waals surface area contributed by atoms with Gasteiger partial charge in [-0.25, -0.2) is 0 Å². The Kier molecular flexibility index (Phi) is 6.04. The molecule has 12 heavy (non-hydrogen) atoms. The molecule has 0 radical (unpaired) electrons. The first-order valence-corrected chi connectivity index (χ1v) is 4.75. The van der Waals surface area contributed by atoms with Crippen LogP contribution < -0.4 is 3.53 Å². The van der Waals surface area contributed by atoms with Crippen LogP contribution in [0.5, 0.6) is 0 Å². The number of esters is 1. The summed E-state index contributed by atoms with van der Waals surface area (Å²) >= 11 is 1.70. The van der Waals surface area contributed by atoms with Crippen LogP contribution in [-0.2, 0) is 14.3 Å². The summed E-state index contributed by atoms with van der Waals surface area (Å²) < 4.78 is 7.02. The van der Waals surface area contributed by atoms with Gasteiger partial charge < -0.3 is 4.74 Å². The summed E-state index contributed by atoms with van der Waals surface area (Å²) in [6.45, 7) is 3.47. The van der Waals surface area contributed by atoms with Gasteiger partial charge in [-0.2, -0.15) is 0 Å². The highest BCUT2D eigenvalue weighted by Crippen LogP contribution is 2.02. The molecule has 1 atom stereocenters. The Hall–Kier alpha value is -0.330. The summed E-state index contributed by atoms with van der Waals surface area (Å²) in [4.78, 5) is 21.6. The second-order valence-electron chi connectivity index (χ2n) is 2.43. The van der Waals surface area contributed by atoms with Crippen molar-refractivity contribution in [3.63, 3.8) is 0 Å². The van der Waals surface area contributed by atoms with Gasteiger partial charge in [0.2, 0.25) is 0 Å². The summed E-state index contributed by atoms with van der Waals surface area (Å²) in [5, 5.41) is 0. The molecule has 0 aliphatic heterocycles. The molecule has 4 nitrogen and oxygen atoms in total. The summed E-state index contributed by atoms with van der Waals surface area (Å²) in [5.41, 5.74) is 0. The summed E-state index contributed by atoms with van der Waals surface area (Å²) in [6.07, 6.45) is 0.727. The molecule has 0 aromatic carbocycles. The highest BCUT2D eigenvalue weighted by molar-refractivity contribution is 14.1. The number of halogens is 1. The number of nitrogens with one attached hydrogen (secondary N) is 1. The summed E-state index contributed by atoms with van der Waals surface area (Å²) in [6, 6.07) is 0. The van der Waals surface area contributed by atoms with Crippen molar-refractivity contribution in [1.82, 2.24) is 3.53 Å². The number of ether oxygens (including phenoxy) is 1. The zero-order valence-corrected chi connectivity index (χ0v) is 9.25. The van der Waals surface area contributed by atoms with Crippen LogP contribution in [0.2, 0.25) is 0 Å². The number of hydrogen-bond donors (Lipinski definition) is 1. The minimum atomic E-state index is -0.322. The lowest BCUT2D eigenvalue weighted by Crippen LogP contribution is -2.23. The van der Waals surface area contributed by atoms with E-state index in [2.05, 4.69) is 3.53 Å². The average Bonchev–Trinajstić information content (AvgIpc) is 2.11. The van der Waals surface area contributed by atoms with Gasteiger partial charge in [-0.3, -0.25) is 13.1 Å². The van der Waals surface area contributed by atoms with E-state index in [9.17, 15) is 9.59 Å². The molecular formula is C7H12INO3. The SMILES string of the molecule is CCC(C)C(=O)OCC(=O)NI. The van der Waals surface area contributed by atoms with E-state index in [4.69, 9.17) is 4.74 Å². The molecule has 5 heteroatoms. The van der Waals surface area contributed by atoms with E-state index in [1.165, 1.54) is 0 Å². The Bertz CT molecular complexity index is 172. The number of amides is 1. The third kappa shape index (κ3) is 4.53. The molecule has 0 aliphatic rings. The van der Waals surface area contributed by atoms with E-state index in [0.717, 1.165) is 6.42 Å². The standard InChI is InChI=1S/C7H12INO3/c1-3-5(2)7(11)12-4-6(10)9-8/h5H,3-4H2,1-2H3,(H,9,10). The zero-order valence-electron chi connectivity index (χ0n) is 7.09. The lowest BCUT2D eigenvalue weighted by molar-refractivity contribution is -0.151. The van der Waals surface area contributed by atoms with Crippen molar-refractivity contribution in [2.24, 2.45) is 5.92 Å². The first-order chi connectivity index (χ1) is 5.61. The van der Waals surface area contributed by atoms with Crippen LogP contribution in [0.25, 0.3) is 0 Å². The number of carbonyl (C=O) groups is 2. The molecule has 0 heterocycles. The molecule has 0 fully saturated rings. The minimum absolute atomic E-state index is 0.132. The normalized spacial score (nSPS) is 11.9. The maximum absolute atomic E-state index is 11.0. The number of carbonyl (C=O) groups excluding carboxylic acids is 2. The van der Waals surface area contributed by atoms with Crippen LogP contribution >= 0.6 is 22.9 Å². The van der Waals surface area contributed by atoms with Crippen molar-refractivity contribution in [3.8, 4) is 0 Å². The van der Waals surface area contributed by atoms with Gasteiger partial charge >= 0.3 is 5.97 Å². The van der Waals surface area contributed by atoms with E-state index in [1.54, 1.807) is 29.8 Å². The minimum Gasteiger partial charge on any atom is -0.455 e. The number of rotatable bonds is 4. The predicted octanol–water partition coefficient (Wildman–Crippen LogP) is 1.04. The number of hydrogen-bond acceptors (Lipinski definition) is 3. The molecule has 0 aliphatic carbocycles.